The Hall–Kier alpha value is -1.38. The van der Waals surface area contributed by atoms with Crippen LogP contribution in [0.4, 0.5) is 0 Å². The van der Waals surface area contributed by atoms with Crippen molar-refractivity contribution < 1.29 is 4.79 Å². The van der Waals surface area contributed by atoms with Gasteiger partial charge < -0.3 is 0 Å². The van der Waals surface area contributed by atoms with E-state index in [0.29, 0.717) is 10.6 Å². The number of carbonyl (C=O) groups is 1. The topological polar surface area (TPSA) is 30.0 Å². The average Bonchev–Trinajstić information content (AvgIpc) is 2.30. The van der Waals surface area contributed by atoms with E-state index in [1.807, 2.05) is 18.2 Å². The fourth-order valence-corrected chi connectivity index (χ4v) is 1.96. The van der Waals surface area contributed by atoms with E-state index in [1.165, 1.54) is 0 Å². The third-order valence-electron chi connectivity index (χ3n) is 2.20. The van der Waals surface area contributed by atoms with Gasteiger partial charge in [0.05, 0.1) is 10.6 Å². The number of benzene rings is 1. The van der Waals surface area contributed by atoms with Crippen molar-refractivity contribution in [1.82, 2.24) is 4.98 Å². The molecule has 0 amide bonds. The molecule has 0 saturated carbocycles. The molecule has 4 heteroatoms. The first kappa shape index (κ1) is 11.1. The third-order valence-corrected chi connectivity index (χ3v) is 2.81. The van der Waals surface area contributed by atoms with Crippen LogP contribution < -0.4 is 0 Å². The Labute approximate surface area is 103 Å². The molecule has 2 aromatic rings. The van der Waals surface area contributed by atoms with Crippen LogP contribution in [-0.4, -0.2) is 10.2 Å². The number of pyridine rings is 1. The second-order valence-electron chi connectivity index (χ2n) is 3.18. The van der Waals surface area contributed by atoms with E-state index < -0.39 is 5.24 Å². The number of carbonyl (C=O) groups excluding carboxylic acids is 1. The van der Waals surface area contributed by atoms with Gasteiger partial charge in [-0.15, -0.1) is 0 Å². The van der Waals surface area contributed by atoms with Gasteiger partial charge in [-0.2, -0.15) is 0 Å². The highest BCUT2D eigenvalue weighted by atomic mass is 35.5. The first-order chi connectivity index (χ1) is 7.70. The quantitative estimate of drug-likeness (QED) is 0.761. The van der Waals surface area contributed by atoms with Gasteiger partial charge in [0.2, 0.25) is 0 Å². The zero-order valence-corrected chi connectivity index (χ0v) is 9.66. The van der Waals surface area contributed by atoms with Crippen LogP contribution in [0.3, 0.4) is 0 Å². The van der Waals surface area contributed by atoms with E-state index in [9.17, 15) is 4.79 Å². The molecular formula is C12H7Cl2NO. The largest absolute Gasteiger partial charge is 0.276 e. The maximum atomic E-state index is 11.1. The van der Waals surface area contributed by atoms with Gasteiger partial charge in [0.25, 0.3) is 5.24 Å². The molecule has 0 unspecified atom stereocenters. The van der Waals surface area contributed by atoms with Crippen LogP contribution in [-0.2, 0) is 0 Å². The maximum Gasteiger partial charge on any atom is 0.253 e. The van der Waals surface area contributed by atoms with Crippen molar-refractivity contribution in [2.75, 3.05) is 0 Å². The van der Waals surface area contributed by atoms with Crippen molar-refractivity contribution in [2.45, 2.75) is 0 Å². The molecule has 2 rings (SSSR count). The van der Waals surface area contributed by atoms with Crippen molar-refractivity contribution in [3.05, 3.63) is 53.3 Å². The minimum absolute atomic E-state index is 0.317. The van der Waals surface area contributed by atoms with Crippen molar-refractivity contribution in [3.8, 4) is 11.1 Å². The molecule has 2 nitrogen and oxygen atoms in total. The minimum atomic E-state index is -0.555. The average molecular weight is 252 g/mol. The van der Waals surface area contributed by atoms with Crippen LogP contribution in [0.1, 0.15) is 10.4 Å². The summed E-state index contributed by atoms with van der Waals surface area (Å²) in [5.74, 6) is 0. The predicted molar refractivity (Wildman–Crippen MR) is 64.9 cm³/mol. The fourth-order valence-electron chi connectivity index (χ4n) is 1.44. The van der Waals surface area contributed by atoms with Crippen LogP contribution in [0, 0.1) is 0 Å². The summed E-state index contributed by atoms with van der Waals surface area (Å²) < 4.78 is 0. The number of rotatable bonds is 2. The highest BCUT2D eigenvalue weighted by Crippen LogP contribution is 2.30. The Morgan fingerprint density at radius 2 is 1.81 bits per heavy atom. The van der Waals surface area contributed by atoms with Gasteiger partial charge in [-0.05, 0) is 35.4 Å². The van der Waals surface area contributed by atoms with Gasteiger partial charge in [-0.3, -0.25) is 9.78 Å². The lowest BCUT2D eigenvalue weighted by molar-refractivity contribution is 0.108. The Kier molecular flexibility index (Phi) is 3.22. The summed E-state index contributed by atoms with van der Waals surface area (Å²) in [7, 11) is 0. The molecule has 0 bridgehead atoms. The molecule has 0 radical (unpaired) electrons. The number of nitrogens with zero attached hydrogens (tertiary/aromatic N) is 1. The summed E-state index contributed by atoms with van der Waals surface area (Å²) in [5.41, 5.74) is 1.99. The summed E-state index contributed by atoms with van der Waals surface area (Å²) in [6.07, 6.45) is 3.34. The molecule has 0 spiro atoms. The standard InChI is InChI=1S/C12H7Cl2NO/c13-11-9(8-4-6-15-7-5-8)2-1-3-10(11)12(14)16/h1-7H. The van der Waals surface area contributed by atoms with E-state index in [1.54, 1.807) is 24.5 Å². The van der Waals surface area contributed by atoms with Crippen LogP contribution >= 0.6 is 23.2 Å². The monoisotopic (exact) mass is 251 g/mol. The lowest BCUT2D eigenvalue weighted by Gasteiger charge is -2.06. The molecule has 80 valence electrons. The lowest BCUT2D eigenvalue weighted by atomic mass is 10.0. The van der Waals surface area contributed by atoms with Crippen LogP contribution in [0.25, 0.3) is 11.1 Å². The summed E-state index contributed by atoms with van der Waals surface area (Å²) in [6.45, 7) is 0. The molecule has 1 aromatic carbocycles. The molecule has 0 aliphatic rings. The lowest BCUT2D eigenvalue weighted by Crippen LogP contribution is -1.92. The number of hydrogen-bond acceptors (Lipinski definition) is 2. The van der Waals surface area contributed by atoms with Crippen LogP contribution in [0.5, 0.6) is 0 Å². The SMILES string of the molecule is O=C(Cl)c1cccc(-c2ccncc2)c1Cl. The normalized spacial score (nSPS) is 10.1. The minimum Gasteiger partial charge on any atom is -0.276 e. The molecule has 16 heavy (non-hydrogen) atoms. The van der Waals surface area contributed by atoms with Crippen molar-refractivity contribution in [2.24, 2.45) is 0 Å². The van der Waals surface area contributed by atoms with Crippen molar-refractivity contribution >= 4 is 28.4 Å². The third kappa shape index (κ3) is 2.08. The zero-order valence-electron chi connectivity index (χ0n) is 8.15. The highest BCUT2D eigenvalue weighted by molar-refractivity contribution is 6.69. The first-order valence-corrected chi connectivity index (χ1v) is 5.34. The van der Waals surface area contributed by atoms with Crippen LogP contribution in [0.15, 0.2) is 42.7 Å². The zero-order chi connectivity index (χ0) is 11.5. The number of hydrogen-bond donors (Lipinski definition) is 0. The molecule has 0 saturated heterocycles. The van der Waals surface area contributed by atoms with E-state index in [4.69, 9.17) is 23.2 Å². The van der Waals surface area contributed by atoms with E-state index in [0.717, 1.165) is 11.1 Å². The molecular weight excluding hydrogens is 245 g/mol. The first-order valence-electron chi connectivity index (χ1n) is 4.59. The second-order valence-corrected chi connectivity index (χ2v) is 3.90. The fraction of sp³-hybridized carbons (Fsp3) is 0. The molecule has 0 aliphatic heterocycles. The predicted octanol–water partition coefficient (Wildman–Crippen LogP) is 3.78. The van der Waals surface area contributed by atoms with Gasteiger partial charge in [0.1, 0.15) is 0 Å². The summed E-state index contributed by atoms with van der Waals surface area (Å²) in [4.78, 5) is 15.0. The Balaban J connectivity index is 2.59. The number of halogens is 2. The molecule has 0 N–H and O–H groups in total. The molecule has 0 fully saturated rings. The second kappa shape index (κ2) is 4.64. The summed E-state index contributed by atoms with van der Waals surface area (Å²) >= 11 is 11.5. The van der Waals surface area contributed by atoms with Crippen molar-refractivity contribution in [3.63, 3.8) is 0 Å². The smallest absolute Gasteiger partial charge is 0.253 e. The van der Waals surface area contributed by atoms with E-state index in [-0.39, 0.29) is 0 Å². The maximum absolute atomic E-state index is 11.1. The summed E-state index contributed by atoms with van der Waals surface area (Å²) in [5, 5.41) is -0.186. The Bertz CT molecular complexity index is 526. The van der Waals surface area contributed by atoms with E-state index >= 15 is 0 Å². The Morgan fingerprint density at radius 3 is 2.44 bits per heavy atom. The molecule has 0 aliphatic carbocycles. The van der Waals surface area contributed by atoms with Gasteiger partial charge >= 0.3 is 0 Å². The van der Waals surface area contributed by atoms with Crippen molar-refractivity contribution in [1.29, 1.82) is 0 Å². The Morgan fingerprint density at radius 1 is 1.12 bits per heavy atom. The molecule has 1 aromatic heterocycles. The van der Waals surface area contributed by atoms with Gasteiger partial charge in [0.15, 0.2) is 0 Å². The molecule has 0 atom stereocenters. The van der Waals surface area contributed by atoms with E-state index in [2.05, 4.69) is 4.98 Å². The van der Waals surface area contributed by atoms with Gasteiger partial charge in [0, 0.05) is 18.0 Å². The van der Waals surface area contributed by atoms with Gasteiger partial charge in [-0.1, -0.05) is 23.7 Å². The van der Waals surface area contributed by atoms with Crippen LogP contribution in [0.2, 0.25) is 5.02 Å². The number of aromatic nitrogens is 1. The summed E-state index contributed by atoms with van der Waals surface area (Å²) in [6, 6.07) is 8.83. The molecule has 1 heterocycles. The highest BCUT2D eigenvalue weighted by Gasteiger charge is 2.11. The van der Waals surface area contributed by atoms with Gasteiger partial charge in [-0.25, -0.2) is 0 Å².